The normalized spacial score (nSPS) is 10.8. The van der Waals surface area contributed by atoms with Gasteiger partial charge in [-0.2, -0.15) is 0 Å². The van der Waals surface area contributed by atoms with Crippen molar-refractivity contribution < 1.29 is 4.74 Å². The average Bonchev–Trinajstić information content (AvgIpc) is 2.08. The van der Waals surface area contributed by atoms with Crippen molar-refractivity contribution in [2.45, 2.75) is 41.0 Å². The van der Waals surface area contributed by atoms with Crippen molar-refractivity contribution in [1.82, 2.24) is 0 Å². The summed E-state index contributed by atoms with van der Waals surface area (Å²) in [5, 5.41) is 0. The lowest BCUT2D eigenvalue weighted by atomic mass is 10.5. The second kappa shape index (κ2) is 12.0. The fraction of sp³-hybridized carbons (Fsp3) is 0.600. The van der Waals surface area contributed by atoms with E-state index in [9.17, 15) is 0 Å². The van der Waals surface area contributed by atoms with Gasteiger partial charge in [0.15, 0.2) is 0 Å². The zero-order valence-electron chi connectivity index (χ0n) is 8.35. The maximum atomic E-state index is 5.11. The molecule has 0 aromatic rings. The van der Waals surface area contributed by atoms with Crippen LogP contribution in [0.15, 0.2) is 24.2 Å². The lowest BCUT2D eigenvalue weighted by molar-refractivity contribution is 0.351. The van der Waals surface area contributed by atoms with Crippen LogP contribution in [0, 0.1) is 0 Å². The van der Waals surface area contributed by atoms with E-state index in [1.54, 1.807) is 6.26 Å². The molecule has 0 aliphatic carbocycles. The first-order valence-corrected chi connectivity index (χ1v) is 4.25. The molecule has 0 spiro atoms. The Labute approximate surface area is 70.8 Å². The molecule has 0 radical (unpaired) electrons. The molecular weight excluding hydrogens is 136 g/mol. The molecule has 0 N–H and O–H groups in total. The Morgan fingerprint density at radius 3 is 2.27 bits per heavy atom. The van der Waals surface area contributed by atoms with Crippen LogP contribution in [0.4, 0.5) is 0 Å². The van der Waals surface area contributed by atoms with Crippen molar-refractivity contribution in [3.05, 3.63) is 24.2 Å². The summed E-state index contributed by atoms with van der Waals surface area (Å²) in [6.07, 6.45) is 6.65. The molecule has 0 heterocycles. The molecule has 1 nitrogen and oxygen atoms in total. The summed E-state index contributed by atoms with van der Waals surface area (Å²) < 4.78 is 5.11. The van der Waals surface area contributed by atoms with Crippen molar-refractivity contribution in [2.75, 3.05) is 0 Å². The summed E-state index contributed by atoms with van der Waals surface area (Å²) in [5.74, 6) is 0.944. The van der Waals surface area contributed by atoms with Crippen LogP contribution < -0.4 is 0 Å². The molecule has 0 aliphatic heterocycles. The predicted octanol–water partition coefficient (Wildman–Crippen LogP) is 3.88. The van der Waals surface area contributed by atoms with Gasteiger partial charge in [-0.25, -0.2) is 0 Å². The van der Waals surface area contributed by atoms with Crippen molar-refractivity contribution in [1.29, 1.82) is 0 Å². The molecule has 0 saturated heterocycles. The van der Waals surface area contributed by atoms with E-state index in [4.69, 9.17) is 4.74 Å². The first kappa shape index (κ1) is 12.9. The van der Waals surface area contributed by atoms with E-state index in [2.05, 4.69) is 6.92 Å². The van der Waals surface area contributed by atoms with Crippen LogP contribution >= 0.6 is 0 Å². The lowest BCUT2D eigenvalue weighted by Crippen LogP contribution is -1.74. The summed E-state index contributed by atoms with van der Waals surface area (Å²) in [5.41, 5.74) is 0. The maximum Gasteiger partial charge on any atom is 0.0958 e. The van der Waals surface area contributed by atoms with Gasteiger partial charge >= 0.3 is 0 Å². The second-order valence-electron chi connectivity index (χ2n) is 1.80. The van der Waals surface area contributed by atoms with Crippen molar-refractivity contribution >= 4 is 0 Å². The Morgan fingerprint density at radius 2 is 1.91 bits per heavy atom. The lowest BCUT2D eigenvalue weighted by Gasteiger charge is -1.95. The minimum atomic E-state index is 0.944. The number of rotatable bonds is 3. The molecule has 0 aromatic carbocycles. The van der Waals surface area contributed by atoms with Crippen molar-refractivity contribution in [2.24, 2.45) is 0 Å². The summed E-state index contributed by atoms with van der Waals surface area (Å²) in [4.78, 5) is 0. The highest BCUT2D eigenvalue weighted by Gasteiger charge is 1.77. The standard InChI is InChI=1S/C8H14O.C2H6/c1-4-6-7-9-8(3)5-2;1-2/h5-7H,4H2,1-3H3;1-2H3/b7-6+,8-5-;. The first-order chi connectivity index (χ1) is 5.31. The highest BCUT2D eigenvalue weighted by atomic mass is 16.5. The van der Waals surface area contributed by atoms with Gasteiger partial charge in [0, 0.05) is 0 Å². The summed E-state index contributed by atoms with van der Waals surface area (Å²) in [6.45, 7) is 9.96. The molecule has 0 saturated carbocycles. The van der Waals surface area contributed by atoms with E-state index in [1.165, 1.54) is 0 Å². The summed E-state index contributed by atoms with van der Waals surface area (Å²) in [6, 6.07) is 0. The predicted molar refractivity (Wildman–Crippen MR) is 51.3 cm³/mol. The van der Waals surface area contributed by atoms with Crippen LogP contribution in [-0.2, 0) is 4.74 Å². The zero-order chi connectivity index (χ0) is 9.11. The van der Waals surface area contributed by atoms with E-state index < -0.39 is 0 Å². The summed E-state index contributed by atoms with van der Waals surface area (Å²) >= 11 is 0. The highest BCUT2D eigenvalue weighted by Crippen LogP contribution is 1.94. The minimum Gasteiger partial charge on any atom is -0.470 e. The first-order valence-electron chi connectivity index (χ1n) is 4.25. The largest absolute Gasteiger partial charge is 0.470 e. The third-order valence-electron chi connectivity index (χ3n) is 0.992. The Hall–Kier alpha value is -0.720. The van der Waals surface area contributed by atoms with Crippen LogP contribution in [0.1, 0.15) is 41.0 Å². The van der Waals surface area contributed by atoms with Gasteiger partial charge < -0.3 is 4.74 Å². The van der Waals surface area contributed by atoms with Gasteiger partial charge in [-0.15, -0.1) is 0 Å². The van der Waals surface area contributed by atoms with E-state index in [-0.39, 0.29) is 0 Å². The molecule has 11 heavy (non-hydrogen) atoms. The number of hydrogen-bond acceptors (Lipinski definition) is 1. The molecule has 1 heteroatoms. The van der Waals surface area contributed by atoms with Crippen LogP contribution in [0.3, 0.4) is 0 Å². The maximum absolute atomic E-state index is 5.11. The topological polar surface area (TPSA) is 9.23 Å². The molecule has 0 aromatic heterocycles. The average molecular weight is 156 g/mol. The SMILES string of the molecule is C/C=C(/C)O/C=C/CC.CC. The molecule has 0 aliphatic rings. The van der Waals surface area contributed by atoms with Gasteiger partial charge in [-0.1, -0.05) is 20.8 Å². The number of hydrogen-bond donors (Lipinski definition) is 0. The third kappa shape index (κ3) is 12.5. The van der Waals surface area contributed by atoms with Gasteiger partial charge in [0.1, 0.15) is 0 Å². The van der Waals surface area contributed by atoms with E-state index in [0.717, 1.165) is 12.2 Å². The van der Waals surface area contributed by atoms with Crippen LogP contribution in [0.5, 0.6) is 0 Å². The minimum absolute atomic E-state index is 0.944. The Kier molecular flexibility index (Phi) is 14.1. The molecule has 0 bridgehead atoms. The Bertz CT molecular complexity index is 112. The Morgan fingerprint density at radius 1 is 1.36 bits per heavy atom. The van der Waals surface area contributed by atoms with Gasteiger partial charge in [0.05, 0.1) is 12.0 Å². The Balaban J connectivity index is 0. The molecular formula is C10H20O. The van der Waals surface area contributed by atoms with Gasteiger partial charge in [-0.3, -0.25) is 0 Å². The number of allylic oxidation sites excluding steroid dienone is 3. The van der Waals surface area contributed by atoms with E-state index in [1.807, 2.05) is 39.8 Å². The second-order valence-corrected chi connectivity index (χ2v) is 1.80. The molecule has 0 unspecified atom stereocenters. The highest BCUT2D eigenvalue weighted by molar-refractivity contribution is 4.88. The fourth-order valence-electron chi connectivity index (χ4n) is 0.320. The quantitative estimate of drug-likeness (QED) is 0.563. The van der Waals surface area contributed by atoms with Gasteiger partial charge in [-0.05, 0) is 32.4 Å². The fourth-order valence-corrected chi connectivity index (χ4v) is 0.320. The van der Waals surface area contributed by atoms with Crippen LogP contribution in [0.25, 0.3) is 0 Å². The zero-order valence-corrected chi connectivity index (χ0v) is 8.35. The third-order valence-corrected chi connectivity index (χ3v) is 0.992. The monoisotopic (exact) mass is 156 g/mol. The van der Waals surface area contributed by atoms with Gasteiger partial charge in [0.25, 0.3) is 0 Å². The molecule has 0 atom stereocenters. The van der Waals surface area contributed by atoms with Gasteiger partial charge in [0.2, 0.25) is 0 Å². The van der Waals surface area contributed by atoms with Crippen LogP contribution in [0.2, 0.25) is 0 Å². The number of ether oxygens (including phenoxy) is 1. The smallest absolute Gasteiger partial charge is 0.0958 e. The molecule has 0 amide bonds. The van der Waals surface area contributed by atoms with Crippen molar-refractivity contribution in [3.8, 4) is 0 Å². The molecule has 66 valence electrons. The molecule has 0 rings (SSSR count). The van der Waals surface area contributed by atoms with E-state index >= 15 is 0 Å². The van der Waals surface area contributed by atoms with Crippen molar-refractivity contribution in [3.63, 3.8) is 0 Å². The van der Waals surface area contributed by atoms with E-state index in [0.29, 0.717) is 0 Å². The van der Waals surface area contributed by atoms with Crippen LogP contribution in [-0.4, -0.2) is 0 Å². The molecule has 0 fully saturated rings. The summed E-state index contributed by atoms with van der Waals surface area (Å²) in [7, 11) is 0.